The third-order valence-electron chi connectivity index (χ3n) is 5.34. The summed E-state index contributed by atoms with van der Waals surface area (Å²) >= 11 is 6.13. The van der Waals surface area contributed by atoms with Crippen molar-refractivity contribution in [1.29, 1.82) is 0 Å². The summed E-state index contributed by atoms with van der Waals surface area (Å²) in [5.41, 5.74) is 7.07. The highest BCUT2D eigenvalue weighted by Crippen LogP contribution is 2.22. The maximum Gasteiger partial charge on any atom is 0.237 e. The minimum atomic E-state index is -0.471. The van der Waals surface area contributed by atoms with Crippen molar-refractivity contribution in [3.05, 3.63) is 34.6 Å². The predicted octanol–water partition coefficient (Wildman–Crippen LogP) is 2.31. The highest BCUT2D eigenvalue weighted by molar-refractivity contribution is 6.31. The molecule has 2 heterocycles. The van der Waals surface area contributed by atoms with Gasteiger partial charge in [0, 0.05) is 37.4 Å². The number of hydrogen-bond acceptors (Lipinski definition) is 4. The van der Waals surface area contributed by atoms with E-state index in [1.807, 2.05) is 0 Å². The van der Waals surface area contributed by atoms with Gasteiger partial charge in [-0.2, -0.15) is 0 Å². The van der Waals surface area contributed by atoms with Gasteiger partial charge >= 0.3 is 0 Å². The molecule has 1 aromatic rings. The Morgan fingerprint density at radius 2 is 2.15 bits per heavy atom. The van der Waals surface area contributed by atoms with Crippen LogP contribution in [0.3, 0.4) is 0 Å². The SMILES string of the molecule is NC(C(=O)NC1CCCN(Cc2ccc(F)cc2Cl)C1)C1CCOCC1. The third-order valence-corrected chi connectivity index (χ3v) is 5.69. The first-order chi connectivity index (χ1) is 12.5. The van der Waals surface area contributed by atoms with E-state index < -0.39 is 6.04 Å². The Balaban J connectivity index is 1.52. The van der Waals surface area contributed by atoms with Crippen molar-refractivity contribution in [3.8, 4) is 0 Å². The predicted molar refractivity (Wildman–Crippen MR) is 99.4 cm³/mol. The molecule has 3 rings (SSSR count). The van der Waals surface area contributed by atoms with E-state index in [1.165, 1.54) is 12.1 Å². The number of nitrogens with one attached hydrogen (secondary N) is 1. The maximum atomic E-state index is 13.2. The Morgan fingerprint density at radius 1 is 1.38 bits per heavy atom. The van der Waals surface area contributed by atoms with E-state index in [0.717, 1.165) is 44.3 Å². The number of ether oxygens (including phenoxy) is 1. The van der Waals surface area contributed by atoms with E-state index in [-0.39, 0.29) is 23.7 Å². The van der Waals surface area contributed by atoms with Crippen LogP contribution in [0.1, 0.15) is 31.2 Å². The van der Waals surface area contributed by atoms with Gasteiger partial charge in [0.2, 0.25) is 5.91 Å². The summed E-state index contributed by atoms with van der Waals surface area (Å²) in [7, 11) is 0. The first-order valence-electron chi connectivity index (χ1n) is 9.33. The van der Waals surface area contributed by atoms with Crippen molar-refractivity contribution in [2.45, 2.75) is 44.3 Å². The fraction of sp³-hybridized carbons (Fsp3) is 0.632. The van der Waals surface area contributed by atoms with Crippen LogP contribution in [-0.4, -0.2) is 49.2 Å². The Hall–Kier alpha value is -1.21. The van der Waals surface area contributed by atoms with Crippen molar-refractivity contribution in [1.82, 2.24) is 10.2 Å². The molecule has 0 aliphatic carbocycles. The topological polar surface area (TPSA) is 67.6 Å². The lowest BCUT2D eigenvalue weighted by atomic mass is 9.91. The average Bonchev–Trinajstić information content (AvgIpc) is 2.64. The summed E-state index contributed by atoms with van der Waals surface area (Å²) in [4.78, 5) is 14.8. The van der Waals surface area contributed by atoms with E-state index in [4.69, 9.17) is 22.1 Å². The zero-order chi connectivity index (χ0) is 18.5. The Morgan fingerprint density at radius 3 is 2.88 bits per heavy atom. The number of carbonyl (C=O) groups is 1. The standard InChI is InChI=1S/C19H27ClFN3O2/c20-17-10-15(21)4-3-14(17)11-24-7-1-2-16(12-24)23-19(25)18(22)13-5-8-26-9-6-13/h3-4,10,13,16,18H,1-2,5-9,11-12,22H2,(H,23,25). The van der Waals surface area contributed by atoms with Crippen LogP contribution in [0, 0.1) is 11.7 Å². The number of benzene rings is 1. The smallest absolute Gasteiger partial charge is 0.237 e. The van der Waals surface area contributed by atoms with Crippen molar-refractivity contribution < 1.29 is 13.9 Å². The van der Waals surface area contributed by atoms with Crippen LogP contribution in [0.25, 0.3) is 0 Å². The second kappa shape index (κ2) is 9.13. The number of likely N-dealkylation sites (tertiary alicyclic amines) is 1. The van der Waals surface area contributed by atoms with E-state index >= 15 is 0 Å². The minimum Gasteiger partial charge on any atom is -0.381 e. The van der Waals surface area contributed by atoms with Crippen LogP contribution in [0.5, 0.6) is 0 Å². The van der Waals surface area contributed by atoms with Gasteiger partial charge in [-0.25, -0.2) is 4.39 Å². The lowest BCUT2D eigenvalue weighted by Gasteiger charge is -2.35. The Kier molecular flexibility index (Phi) is 6.86. The van der Waals surface area contributed by atoms with Gasteiger partial charge in [-0.1, -0.05) is 17.7 Å². The summed E-state index contributed by atoms with van der Waals surface area (Å²) in [6.07, 6.45) is 3.62. The molecular formula is C19H27ClFN3O2. The molecule has 2 aliphatic heterocycles. The fourth-order valence-electron chi connectivity index (χ4n) is 3.79. The van der Waals surface area contributed by atoms with Crippen LogP contribution in [0.4, 0.5) is 4.39 Å². The summed E-state index contributed by atoms with van der Waals surface area (Å²) in [5.74, 6) is -0.199. The molecule has 2 aliphatic rings. The van der Waals surface area contributed by atoms with Gasteiger partial charge < -0.3 is 15.8 Å². The van der Waals surface area contributed by atoms with Crippen LogP contribution < -0.4 is 11.1 Å². The maximum absolute atomic E-state index is 13.2. The van der Waals surface area contributed by atoms with Crippen LogP contribution in [0.2, 0.25) is 5.02 Å². The summed E-state index contributed by atoms with van der Waals surface area (Å²) in [6, 6.07) is 4.10. The molecule has 2 unspecified atom stereocenters. The zero-order valence-corrected chi connectivity index (χ0v) is 15.7. The molecule has 0 spiro atoms. The third kappa shape index (κ3) is 5.16. The number of rotatable bonds is 5. The molecule has 1 aromatic carbocycles. The Bertz CT molecular complexity index is 625. The number of amides is 1. The number of piperidine rings is 1. The summed E-state index contributed by atoms with van der Waals surface area (Å²) in [6.45, 7) is 3.70. The van der Waals surface area contributed by atoms with Crippen molar-refractivity contribution >= 4 is 17.5 Å². The molecular weight excluding hydrogens is 357 g/mol. The molecule has 1 amide bonds. The normalized spacial score (nSPS) is 23.6. The van der Waals surface area contributed by atoms with Gasteiger partial charge in [-0.3, -0.25) is 9.69 Å². The van der Waals surface area contributed by atoms with E-state index in [1.54, 1.807) is 6.07 Å². The molecule has 0 radical (unpaired) electrons. The Labute approximate surface area is 159 Å². The average molecular weight is 384 g/mol. The zero-order valence-electron chi connectivity index (χ0n) is 14.9. The lowest BCUT2D eigenvalue weighted by molar-refractivity contribution is -0.125. The number of nitrogens with two attached hydrogens (primary N) is 1. The molecule has 2 saturated heterocycles. The number of carbonyl (C=O) groups excluding carboxylic acids is 1. The molecule has 144 valence electrons. The highest BCUT2D eigenvalue weighted by atomic mass is 35.5. The molecule has 26 heavy (non-hydrogen) atoms. The molecule has 0 saturated carbocycles. The van der Waals surface area contributed by atoms with Gasteiger partial charge in [0.1, 0.15) is 5.82 Å². The van der Waals surface area contributed by atoms with Gasteiger partial charge in [0.15, 0.2) is 0 Å². The van der Waals surface area contributed by atoms with Crippen molar-refractivity contribution in [3.63, 3.8) is 0 Å². The molecule has 2 atom stereocenters. The minimum absolute atomic E-state index is 0.0661. The van der Waals surface area contributed by atoms with Crippen LogP contribution in [0.15, 0.2) is 18.2 Å². The first kappa shape index (κ1) is 19.5. The highest BCUT2D eigenvalue weighted by Gasteiger charge is 2.29. The van der Waals surface area contributed by atoms with E-state index in [0.29, 0.717) is 24.8 Å². The van der Waals surface area contributed by atoms with Crippen LogP contribution >= 0.6 is 11.6 Å². The quantitative estimate of drug-likeness (QED) is 0.818. The van der Waals surface area contributed by atoms with Gasteiger partial charge in [0.25, 0.3) is 0 Å². The van der Waals surface area contributed by atoms with Gasteiger partial charge in [0.05, 0.1) is 6.04 Å². The van der Waals surface area contributed by atoms with Gasteiger partial charge in [-0.05, 0) is 55.8 Å². The van der Waals surface area contributed by atoms with E-state index in [2.05, 4.69) is 10.2 Å². The second-order valence-corrected chi connectivity index (χ2v) is 7.70. The second-order valence-electron chi connectivity index (χ2n) is 7.29. The van der Waals surface area contributed by atoms with Crippen molar-refractivity contribution in [2.75, 3.05) is 26.3 Å². The lowest BCUT2D eigenvalue weighted by Crippen LogP contribution is -2.54. The fourth-order valence-corrected chi connectivity index (χ4v) is 4.02. The summed E-state index contributed by atoms with van der Waals surface area (Å²) < 4.78 is 18.5. The monoisotopic (exact) mass is 383 g/mol. The van der Waals surface area contributed by atoms with Crippen molar-refractivity contribution in [2.24, 2.45) is 11.7 Å². The molecule has 0 aromatic heterocycles. The van der Waals surface area contributed by atoms with Gasteiger partial charge in [-0.15, -0.1) is 0 Å². The van der Waals surface area contributed by atoms with E-state index in [9.17, 15) is 9.18 Å². The van der Waals surface area contributed by atoms with Crippen LogP contribution in [-0.2, 0) is 16.1 Å². The number of halogens is 2. The molecule has 2 fully saturated rings. The number of hydrogen-bond donors (Lipinski definition) is 2. The molecule has 0 bridgehead atoms. The number of nitrogens with zero attached hydrogens (tertiary/aromatic N) is 1. The molecule has 3 N–H and O–H groups in total. The summed E-state index contributed by atoms with van der Waals surface area (Å²) in [5, 5.41) is 3.56. The molecule has 7 heteroatoms. The largest absolute Gasteiger partial charge is 0.381 e. The molecule has 5 nitrogen and oxygen atoms in total. The first-order valence-corrected chi connectivity index (χ1v) is 9.70.